The van der Waals surface area contributed by atoms with Gasteiger partial charge in [-0.05, 0) is 48.1 Å². The Bertz CT molecular complexity index is 1130. The highest BCUT2D eigenvalue weighted by atomic mass is 19.1. The predicted octanol–water partition coefficient (Wildman–Crippen LogP) is 4.40. The fourth-order valence-electron chi connectivity index (χ4n) is 5.45. The van der Waals surface area contributed by atoms with E-state index in [1.54, 1.807) is 18.2 Å². The Morgan fingerprint density at radius 3 is 2.61 bits per heavy atom. The maximum absolute atomic E-state index is 14.2. The number of aromatic nitrogens is 1. The van der Waals surface area contributed by atoms with Crippen LogP contribution < -0.4 is 10.3 Å². The third kappa shape index (κ3) is 3.90. The smallest absolute Gasteiger partial charge is 0.251 e. The molecule has 3 heterocycles. The van der Waals surface area contributed by atoms with Gasteiger partial charge in [-0.1, -0.05) is 42.5 Å². The monoisotopic (exact) mass is 418 g/mol. The van der Waals surface area contributed by atoms with E-state index in [9.17, 15) is 9.18 Å². The Hall–Kier alpha value is -2.92. The molecule has 1 aromatic heterocycles. The standard InChI is InChI=1S/C26H27FN2O2/c1-31-25-11-10-19(12-22(25)27)15-28-16-20-14-21(17-28)24(13-18-6-3-2-4-7-18)29-23(20)8-5-9-26(29)30/h2-12,20-21,24H,13-17H2,1H3/t20-,21+,24+/m1/s1. The lowest BCUT2D eigenvalue weighted by Crippen LogP contribution is -2.49. The van der Waals surface area contributed by atoms with Gasteiger partial charge in [0.05, 0.1) is 7.11 Å². The summed E-state index contributed by atoms with van der Waals surface area (Å²) in [6.07, 6.45) is 1.94. The summed E-state index contributed by atoms with van der Waals surface area (Å²) in [6, 6.07) is 21.4. The quantitative estimate of drug-likeness (QED) is 0.616. The van der Waals surface area contributed by atoms with Crippen molar-refractivity contribution in [2.24, 2.45) is 5.92 Å². The van der Waals surface area contributed by atoms with Crippen LogP contribution in [0.4, 0.5) is 4.39 Å². The molecule has 3 aromatic rings. The average Bonchev–Trinajstić information content (AvgIpc) is 2.78. The van der Waals surface area contributed by atoms with Crippen molar-refractivity contribution in [1.29, 1.82) is 0 Å². The summed E-state index contributed by atoms with van der Waals surface area (Å²) in [5.41, 5.74) is 3.43. The molecule has 0 N–H and O–H groups in total. The number of likely N-dealkylation sites (tertiary alicyclic amines) is 1. The van der Waals surface area contributed by atoms with E-state index < -0.39 is 0 Å². The van der Waals surface area contributed by atoms with Crippen LogP contribution in [-0.2, 0) is 13.0 Å². The molecule has 0 spiro atoms. The van der Waals surface area contributed by atoms with E-state index in [-0.39, 0.29) is 23.2 Å². The minimum Gasteiger partial charge on any atom is -0.494 e. The van der Waals surface area contributed by atoms with Crippen LogP contribution in [0.5, 0.6) is 5.75 Å². The summed E-state index contributed by atoms with van der Waals surface area (Å²) in [4.78, 5) is 15.3. The Morgan fingerprint density at radius 2 is 1.84 bits per heavy atom. The minimum absolute atomic E-state index is 0.0961. The number of hydrogen-bond acceptors (Lipinski definition) is 3. The minimum atomic E-state index is -0.323. The van der Waals surface area contributed by atoms with Gasteiger partial charge in [0.1, 0.15) is 0 Å². The molecule has 5 heteroatoms. The molecule has 0 aliphatic carbocycles. The number of nitrogens with zero attached hydrogens (tertiary/aromatic N) is 2. The van der Waals surface area contributed by atoms with Crippen molar-refractivity contribution >= 4 is 0 Å². The van der Waals surface area contributed by atoms with Crippen molar-refractivity contribution in [2.45, 2.75) is 31.3 Å². The van der Waals surface area contributed by atoms with Crippen LogP contribution in [0.2, 0.25) is 0 Å². The molecule has 3 atom stereocenters. The largest absolute Gasteiger partial charge is 0.494 e. The molecule has 1 saturated heterocycles. The van der Waals surface area contributed by atoms with Crippen molar-refractivity contribution in [1.82, 2.24) is 9.47 Å². The Labute approximate surface area is 181 Å². The van der Waals surface area contributed by atoms with Gasteiger partial charge in [-0.3, -0.25) is 9.69 Å². The lowest BCUT2D eigenvalue weighted by Gasteiger charge is -2.47. The highest BCUT2D eigenvalue weighted by Crippen LogP contribution is 2.42. The van der Waals surface area contributed by atoms with E-state index >= 15 is 0 Å². The van der Waals surface area contributed by atoms with Gasteiger partial charge in [-0.15, -0.1) is 0 Å². The first kappa shape index (κ1) is 20.0. The maximum atomic E-state index is 14.2. The zero-order valence-corrected chi connectivity index (χ0v) is 17.7. The van der Waals surface area contributed by atoms with Gasteiger partial charge in [0, 0.05) is 43.4 Å². The number of ether oxygens (including phenoxy) is 1. The summed E-state index contributed by atoms with van der Waals surface area (Å²) in [6.45, 7) is 2.48. The molecule has 2 aromatic carbocycles. The van der Waals surface area contributed by atoms with Crippen molar-refractivity contribution in [3.05, 3.63) is 99.7 Å². The van der Waals surface area contributed by atoms with E-state index in [1.165, 1.54) is 12.7 Å². The number of halogens is 1. The Balaban J connectivity index is 1.44. The zero-order chi connectivity index (χ0) is 21.4. The molecule has 2 aliphatic rings. The van der Waals surface area contributed by atoms with Crippen LogP contribution in [0.3, 0.4) is 0 Å². The lowest BCUT2D eigenvalue weighted by atomic mass is 9.76. The summed E-state index contributed by atoms with van der Waals surface area (Å²) in [7, 11) is 1.48. The summed E-state index contributed by atoms with van der Waals surface area (Å²) in [5.74, 6) is 0.656. The average molecular weight is 419 g/mol. The van der Waals surface area contributed by atoms with Crippen molar-refractivity contribution in [2.75, 3.05) is 20.2 Å². The van der Waals surface area contributed by atoms with E-state index in [4.69, 9.17) is 4.74 Å². The second kappa shape index (κ2) is 8.31. The first-order valence-electron chi connectivity index (χ1n) is 10.9. The third-order valence-corrected chi connectivity index (χ3v) is 6.78. The van der Waals surface area contributed by atoms with Crippen molar-refractivity contribution < 1.29 is 9.13 Å². The van der Waals surface area contributed by atoms with Gasteiger partial charge in [0.25, 0.3) is 5.56 Å². The normalized spacial score (nSPS) is 22.7. The molecule has 0 saturated carbocycles. The molecular formula is C26H27FN2O2. The van der Waals surface area contributed by atoms with Gasteiger partial charge in [-0.2, -0.15) is 0 Å². The van der Waals surface area contributed by atoms with Crippen LogP contribution in [0.25, 0.3) is 0 Å². The van der Waals surface area contributed by atoms with Gasteiger partial charge < -0.3 is 9.30 Å². The second-order valence-corrected chi connectivity index (χ2v) is 8.77. The molecule has 31 heavy (non-hydrogen) atoms. The number of rotatable bonds is 5. The first-order chi connectivity index (χ1) is 15.1. The van der Waals surface area contributed by atoms with Crippen LogP contribution in [-0.4, -0.2) is 29.7 Å². The summed E-state index contributed by atoms with van der Waals surface area (Å²) >= 11 is 0. The van der Waals surface area contributed by atoms with E-state index in [0.29, 0.717) is 18.4 Å². The molecule has 0 radical (unpaired) electrons. The van der Waals surface area contributed by atoms with E-state index in [1.807, 2.05) is 18.2 Å². The Morgan fingerprint density at radius 1 is 1.00 bits per heavy atom. The molecule has 4 nitrogen and oxygen atoms in total. The summed E-state index contributed by atoms with van der Waals surface area (Å²) < 4.78 is 21.3. The first-order valence-corrected chi connectivity index (χ1v) is 10.9. The van der Waals surface area contributed by atoms with Gasteiger partial charge >= 0.3 is 0 Å². The molecule has 160 valence electrons. The van der Waals surface area contributed by atoms with Crippen LogP contribution in [0.1, 0.15) is 35.2 Å². The lowest BCUT2D eigenvalue weighted by molar-refractivity contribution is 0.0852. The number of benzene rings is 2. The topological polar surface area (TPSA) is 34.5 Å². The number of methoxy groups -OCH3 is 1. The number of pyridine rings is 1. The van der Waals surface area contributed by atoms with Gasteiger partial charge in [0.15, 0.2) is 11.6 Å². The molecule has 2 aliphatic heterocycles. The molecule has 5 rings (SSSR count). The Kier molecular flexibility index (Phi) is 5.36. The highest BCUT2D eigenvalue weighted by molar-refractivity contribution is 5.29. The summed E-state index contributed by atoms with van der Waals surface area (Å²) in [5, 5.41) is 0. The number of fused-ring (bicyclic) bond motifs is 4. The second-order valence-electron chi connectivity index (χ2n) is 8.77. The molecule has 2 bridgehead atoms. The third-order valence-electron chi connectivity index (χ3n) is 6.78. The van der Waals surface area contributed by atoms with E-state index in [2.05, 4.69) is 39.8 Å². The van der Waals surface area contributed by atoms with Gasteiger partial charge in [0.2, 0.25) is 0 Å². The maximum Gasteiger partial charge on any atom is 0.251 e. The SMILES string of the molecule is COc1ccc(CN2C[C@H]3C[C@@H](C2)[C@H](Cc2ccccc2)n2c3cccc2=O)cc1F. The number of hydrogen-bond donors (Lipinski definition) is 0. The number of piperidine rings is 1. The van der Waals surface area contributed by atoms with Crippen LogP contribution in [0.15, 0.2) is 71.5 Å². The van der Waals surface area contributed by atoms with Crippen LogP contribution in [0, 0.1) is 11.7 Å². The van der Waals surface area contributed by atoms with E-state index in [0.717, 1.165) is 37.2 Å². The van der Waals surface area contributed by atoms with Crippen molar-refractivity contribution in [3.63, 3.8) is 0 Å². The highest BCUT2D eigenvalue weighted by Gasteiger charge is 2.40. The fraction of sp³-hybridized carbons (Fsp3) is 0.346. The fourth-order valence-corrected chi connectivity index (χ4v) is 5.45. The molecule has 0 amide bonds. The molecule has 0 unspecified atom stereocenters. The molecule has 1 fully saturated rings. The van der Waals surface area contributed by atoms with Crippen LogP contribution >= 0.6 is 0 Å². The van der Waals surface area contributed by atoms with Crippen molar-refractivity contribution in [3.8, 4) is 5.75 Å². The predicted molar refractivity (Wildman–Crippen MR) is 119 cm³/mol. The molecular weight excluding hydrogens is 391 g/mol. The van der Waals surface area contributed by atoms with Gasteiger partial charge in [-0.25, -0.2) is 4.39 Å². The zero-order valence-electron chi connectivity index (χ0n) is 17.7.